The quantitative estimate of drug-likeness (QED) is 0.0169. The van der Waals surface area contributed by atoms with Gasteiger partial charge in [-0.15, -0.1) is 0 Å². The predicted molar refractivity (Wildman–Crippen MR) is 436 cm³/mol. The molecule has 0 aliphatic rings. The number of aliphatic hydroxyl groups is 1. The highest BCUT2D eigenvalue weighted by molar-refractivity contribution is 7.47. The molecule has 0 saturated heterocycles. The van der Waals surface area contributed by atoms with Gasteiger partial charge in [-0.2, -0.15) is 0 Å². The summed E-state index contributed by atoms with van der Waals surface area (Å²) in [5.74, 6) is -2.31. The molecule has 608 valence electrons. The number of phosphoric acid groups is 2. The molecule has 106 heavy (non-hydrogen) atoms. The van der Waals surface area contributed by atoms with Gasteiger partial charge >= 0.3 is 39.5 Å². The predicted octanol–water partition coefficient (Wildman–Crippen LogP) is 24.4. The normalized spacial score (nSPS) is 14.5. The zero-order valence-corrected chi connectivity index (χ0v) is 68.4. The first-order chi connectivity index (χ1) is 51.7. The van der Waals surface area contributed by atoms with E-state index in [-0.39, 0.29) is 25.7 Å². The lowest BCUT2D eigenvalue weighted by Crippen LogP contribution is -2.30. The van der Waals surface area contributed by atoms with Crippen LogP contribution in [0.3, 0.4) is 0 Å². The Kier molecular flexibility index (Phi) is 74.8. The Hall–Kier alpha value is -4.80. The minimum absolute atomic E-state index is 0.0394. The summed E-state index contributed by atoms with van der Waals surface area (Å²) >= 11 is 0. The third-order valence-electron chi connectivity index (χ3n) is 17.1. The molecule has 0 radical (unpaired) electrons. The fourth-order valence-corrected chi connectivity index (χ4v) is 12.4. The van der Waals surface area contributed by atoms with Crippen molar-refractivity contribution < 1.29 is 80.2 Å². The van der Waals surface area contributed by atoms with E-state index < -0.39 is 97.5 Å². The molecule has 0 spiro atoms. The summed E-state index contributed by atoms with van der Waals surface area (Å²) in [6, 6.07) is 0. The van der Waals surface area contributed by atoms with Crippen molar-refractivity contribution in [3.63, 3.8) is 0 Å². The molecule has 0 aromatic carbocycles. The Balaban J connectivity index is 5.46. The van der Waals surface area contributed by atoms with Gasteiger partial charge in [0, 0.05) is 25.7 Å². The summed E-state index contributed by atoms with van der Waals surface area (Å²) in [6.45, 7) is 4.62. The number of hydrogen-bond acceptors (Lipinski definition) is 15. The third-order valence-corrected chi connectivity index (χ3v) is 19.0. The molecule has 0 heterocycles. The van der Waals surface area contributed by atoms with Gasteiger partial charge in [0.25, 0.3) is 0 Å². The van der Waals surface area contributed by atoms with E-state index in [0.29, 0.717) is 32.1 Å². The van der Waals surface area contributed by atoms with E-state index in [1.165, 1.54) is 116 Å². The highest BCUT2D eigenvalue weighted by Gasteiger charge is 2.30. The Morgan fingerprint density at radius 2 is 0.509 bits per heavy atom. The summed E-state index contributed by atoms with van der Waals surface area (Å²) in [6.07, 6.45) is 88.7. The van der Waals surface area contributed by atoms with Crippen LogP contribution in [-0.2, 0) is 65.4 Å². The first kappa shape index (κ1) is 101. The van der Waals surface area contributed by atoms with Crippen molar-refractivity contribution >= 4 is 39.5 Å². The summed E-state index contributed by atoms with van der Waals surface area (Å²) in [5, 5.41) is 10.7. The van der Waals surface area contributed by atoms with Gasteiger partial charge in [-0.05, 0) is 135 Å². The molecule has 0 aliphatic heterocycles. The standard InChI is InChI=1S/C87H148O17P2/c1-5-9-13-17-21-25-29-33-36-38-40-42-45-49-52-56-60-64-68-72-85(90)98-78-83(104-87(92)74-70-66-62-58-54-50-46-43-41-39-37-34-30-26-22-18-14-10-6-2)80-102-106(95,96)100-76-81(88)75-99-105(93,94)101-79-82(103-86(91)73-69-65-61-57-53-47-32-28-24-20-16-12-8-4)77-97-84(89)71-67-63-59-55-51-48-44-35-31-27-23-19-15-11-7-3/h9,13,21-22,25-26,28,32-34,36-37,40-43,49-50,52,54,62,66,81-83,88H,5-8,10-12,14-20,23-24,27,29-31,35,38-39,44-48,51,53,55-61,63-65,67-80H2,1-4H3,(H,93,94)(H,95,96)/b13-9-,25-21-,26-22-,32-28-,36-33-,37-34-,42-40-,43-41-,52-49-,54-50-,66-62-/t81-,82+,83+/m0/s1. The highest BCUT2D eigenvalue weighted by Crippen LogP contribution is 2.45. The monoisotopic (exact) mass is 1530 g/mol. The maximum Gasteiger partial charge on any atom is 0.472 e. The van der Waals surface area contributed by atoms with E-state index in [4.69, 9.17) is 37.0 Å². The van der Waals surface area contributed by atoms with Crippen molar-refractivity contribution in [2.45, 2.75) is 354 Å². The van der Waals surface area contributed by atoms with E-state index in [0.717, 1.165) is 135 Å². The van der Waals surface area contributed by atoms with Crippen LogP contribution in [0.4, 0.5) is 0 Å². The summed E-state index contributed by atoms with van der Waals surface area (Å²) in [4.78, 5) is 73.1. The number of ether oxygens (including phenoxy) is 4. The molecule has 3 N–H and O–H groups in total. The molecular formula is C87H148O17P2. The molecule has 17 nitrogen and oxygen atoms in total. The smallest absolute Gasteiger partial charge is 0.462 e. The van der Waals surface area contributed by atoms with E-state index in [9.17, 15) is 43.2 Å². The molecular weight excluding hydrogens is 1380 g/mol. The average Bonchev–Trinajstić information content (AvgIpc) is 0.903. The molecule has 0 aromatic rings. The topological polar surface area (TPSA) is 237 Å². The van der Waals surface area contributed by atoms with Crippen molar-refractivity contribution in [2.24, 2.45) is 0 Å². The van der Waals surface area contributed by atoms with Crippen LogP contribution in [0.5, 0.6) is 0 Å². The zero-order chi connectivity index (χ0) is 77.4. The van der Waals surface area contributed by atoms with Crippen LogP contribution in [0.25, 0.3) is 0 Å². The zero-order valence-electron chi connectivity index (χ0n) is 66.6. The highest BCUT2D eigenvalue weighted by atomic mass is 31.2. The van der Waals surface area contributed by atoms with Gasteiger partial charge in [0.1, 0.15) is 19.3 Å². The average molecular weight is 1530 g/mol. The molecule has 19 heteroatoms. The molecule has 0 aliphatic carbocycles. The molecule has 0 amide bonds. The molecule has 0 bridgehead atoms. The number of unbranched alkanes of at least 4 members (excludes halogenated alkanes) is 29. The minimum Gasteiger partial charge on any atom is -0.462 e. The van der Waals surface area contributed by atoms with Gasteiger partial charge in [-0.25, -0.2) is 9.13 Å². The Bertz CT molecular complexity index is 2530. The molecule has 5 atom stereocenters. The maximum absolute atomic E-state index is 13.1. The second kappa shape index (κ2) is 78.3. The second-order valence-corrected chi connectivity index (χ2v) is 30.2. The number of phosphoric ester groups is 2. The Labute approximate surface area is 644 Å². The molecule has 0 aromatic heterocycles. The molecule has 2 unspecified atom stereocenters. The first-order valence-corrected chi connectivity index (χ1v) is 44.4. The van der Waals surface area contributed by atoms with Gasteiger partial charge in [0.05, 0.1) is 26.4 Å². The van der Waals surface area contributed by atoms with Gasteiger partial charge in [0.2, 0.25) is 0 Å². The van der Waals surface area contributed by atoms with Crippen LogP contribution in [-0.4, -0.2) is 96.7 Å². The van der Waals surface area contributed by atoms with Gasteiger partial charge in [-0.3, -0.25) is 37.3 Å². The molecule has 0 saturated carbocycles. The van der Waals surface area contributed by atoms with Gasteiger partial charge in [-0.1, -0.05) is 309 Å². The molecule has 0 rings (SSSR count). The van der Waals surface area contributed by atoms with Crippen molar-refractivity contribution in [3.05, 3.63) is 134 Å². The lowest BCUT2D eigenvalue weighted by Gasteiger charge is -2.21. The number of esters is 4. The Morgan fingerprint density at radius 1 is 0.274 bits per heavy atom. The lowest BCUT2D eigenvalue weighted by molar-refractivity contribution is -0.161. The van der Waals surface area contributed by atoms with Crippen molar-refractivity contribution in [1.29, 1.82) is 0 Å². The number of aliphatic hydroxyl groups excluding tert-OH is 1. The van der Waals surface area contributed by atoms with Crippen LogP contribution in [0.2, 0.25) is 0 Å². The van der Waals surface area contributed by atoms with E-state index >= 15 is 0 Å². The number of carbonyl (C=O) groups is 4. The third kappa shape index (κ3) is 77.4. The van der Waals surface area contributed by atoms with Crippen molar-refractivity contribution in [1.82, 2.24) is 0 Å². The van der Waals surface area contributed by atoms with Crippen LogP contribution >= 0.6 is 15.6 Å². The van der Waals surface area contributed by atoms with Gasteiger partial charge in [0.15, 0.2) is 12.2 Å². The number of rotatable bonds is 77. The van der Waals surface area contributed by atoms with Crippen molar-refractivity contribution in [3.8, 4) is 0 Å². The summed E-state index contributed by atoms with van der Waals surface area (Å²) < 4.78 is 68.6. The van der Waals surface area contributed by atoms with Crippen LogP contribution in [0.15, 0.2) is 134 Å². The van der Waals surface area contributed by atoms with E-state index in [1.54, 1.807) is 0 Å². The van der Waals surface area contributed by atoms with Gasteiger partial charge < -0.3 is 33.8 Å². The summed E-state index contributed by atoms with van der Waals surface area (Å²) in [7, 11) is -10.00. The second-order valence-electron chi connectivity index (χ2n) is 27.3. The van der Waals surface area contributed by atoms with E-state index in [2.05, 4.69) is 143 Å². The SMILES string of the molecule is CC/C=C\C/C=C\C/C=C\C/C=C\C/C=C\CCCCCC(=O)OC[C@H](COP(=O)(O)OC[C@@H](O)COP(=O)(O)OC[C@@H](COC(=O)CCCCCCCCCCCCCCCCC)OC(=O)CCCCCCC/C=C\CCCCCC)OC(=O)CC/C=C\C/C=C\C/C=C\C/C=C\C/C=C\CCCCC. The number of carbonyl (C=O) groups excluding carboxylic acids is 4. The first-order valence-electron chi connectivity index (χ1n) is 41.4. The Morgan fingerprint density at radius 3 is 0.858 bits per heavy atom. The van der Waals surface area contributed by atoms with Crippen molar-refractivity contribution in [2.75, 3.05) is 39.6 Å². The fraction of sp³-hybridized carbons (Fsp3) is 0.701. The number of hydrogen-bond donors (Lipinski definition) is 3. The minimum atomic E-state index is -5.01. The van der Waals surface area contributed by atoms with Crippen LogP contribution in [0.1, 0.15) is 336 Å². The van der Waals surface area contributed by atoms with E-state index in [1.807, 2.05) is 18.2 Å². The molecule has 0 fully saturated rings. The lowest BCUT2D eigenvalue weighted by atomic mass is 10.0. The summed E-state index contributed by atoms with van der Waals surface area (Å²) in [5.41, 5.74) is 0. The maximum atomic E-state index is 13.1. The van der Waals surface area contributed by atoms with Crippen LogP contribution in [0, 0.1) is 0 Å². The van der Waals surface area contributed by atoms with Crippen LogP contribution < -0.4 is 0 Å². The number of allylic oxidation sites excluding steroid dienone is 22. The fourth-order valence-electron chi connectivity index (χ4n) is 10.8. The largest absolute Gasteiger partial charge is 0.472 e.